The summed E-state index contributed by atoms with van der Waals surface area (Å²) in [6.45, 7) is -2.31. The van der Waals surface area contributed by atoms with Gasteiger partial charge in [-0.25, -0.2) is 0 Å². The minimum Gasteiger partial charge on any atom is -0.394 e. The standard InChI is InChI=1S/C34H58O28/c1-7-26(17(42)20(45)29(51)54-7)60-31-22(47)14(39)11(5-53-31)58-30-21(46)15(40)12(6-52-30)59-32-24(49)18(43)27(9(3-36)56-32)62-34-25(50)19(44)28(10(4-37)57-34)61-33-23(48)16(41)13(38)8(2-35)55-33/h7-51H,2-6H2,1H3/t7-,8+,9-,10+,11+,12+,13-,14-,15-,16-,17-,18-,19+,20+,21-,22-,23-,24-,25-,26-,27-,28+,29-,30-,31-,32+,33-,34-/m0/s1. The topological polar surface area (TPSA) is 445 Å². The first-order valence-corrected chi connectivity index (χ1v) is 19.8. The van der Waals surface area contributed by atoms with Crippen molar-refractivity contribution in [2.45, 2.75) is 179 Å². The lowest BCUT2D eigenvalue weighted by molar-refractivity contribution is -0.386. The number of aliphatic hydroxyl groups is 17. The van der Waals surface area contributed by atoms with Gasteiger partial charge in [-0.1, -0.05) is 0 Å². The van der Waals surface area contributed by atoms with Crippen molar-refractivity contribution in [3.05, 3.63) is 0 Å². The van der Waals surface area contributed by atoms with Gasteiger partial charge < -0.3 is 139 Å². The highest BCUT2D eigenvalue weighted by atomic mass is 16.8. The van der Waals surface area contributed by atoms with E-state index in [1.165, 1.54) is 6.92 Å². The number of rotatable bonds is 13. The summed E-state index contributed by atoms with van der Waals surface area (Å²) in [5.74, 6) is 0. The summed E-state index contributed by atoms with van der Waals surface area (Å²) in [7, 11) is 0. The van der Waals surface area contributed by atoms with Crippen molar-refractivity contribution in [3.8, 4) is 0 Å². The van der Waals surface area contributed by atoms with Crippen molar-refractivity contribution in [3.63, 3.8) is 0 Å². The van der Waals surface area contributed by atoms with Crippen LogP contribution in [0.15, 0.2) is 0 Å². The summed E-state index contributed by atoms with van der Waals surface area (Å²) in [4.78, 5) is 0. The molecule has 62 heavy (non-hydrogen) atoms. The Morgan fingerprint density at radius 3 is 1.18 bits per heavy atom. The first kappa shape index (κ1) is 50.3. The molecule has 6 rings (SSSR count). The lowest BCUT2D eigenvalue weighted by Crippen LogP contribution is -2.67. The highest BCUT2D eigenvalue weighted by Gasteiger charge is 2.55. The molecule has 28 nitrogen and oxygen atoms in total. The van der Waals surface area contributed by atoms with Gasteiger partial charge in [-0.3, -0.25) is 0 Å². The second kappa shape index (κ2) is 21.2. The van der Waals surface area contributed by atoms with Crippen LogP contribution >= 0.6 is 0 Å². The predicted molar refractivity (Wildman–Crippen MR) is 186 cm³/mol. The maximum atomic E-state index is 11.1. The molecule has 6 saturated heterocycles. The Hall–Kier alpha value is -1.12. The molecule has 362 valence electrons. The molecule has 0 aromatic rings. The molecule has 0 amide bonds. The summed E-state index contributed by atoms with van der Waals surface area (Å²) >= 11 is 0. The molecule has 6 aliphatic heterocycles. The predicted octanol–water partition coefficient (Wildman–Crippen LogP) is -11.8. The molecule has 0 aromatic carbocycles. The van der Waals surface area contributed by atoms with E-state index in [2.05, 4.69) is 0 Å². The van der Waals surface area contributed by atoms with Crippen LogP contribution in [-0.4, -0.2) is 292 Å². The SMILES string of the molecule is C[C@@H]1O[C@H](O)[C@H](O)[C@H](O)[C@H]1O[C@@H]1OC[C@@H](O[C@@H]2OC[C@@H](O[C@H]3O[C@@H](CO)[C@H](O[C@@H]4O[C@H](CO)[C@@H](O[C@@H]5O[C@H](CO)[C@H](O)[C@H](O)[C@@H]5O)[C@H](O)[C@@H]4O)[C@@H](O)[C@@H]3O)[C@H](O)[C@@H]2O)[C@H](O)[C@@H]1O. The van der Waals surface area contributed by atoms with E-state index in [1.807, 2.05) is 0 Å². The van der Waals surface area contributed by atoms with Crippen LogP contribution in [0.5, 0.6) is 0 Å². The lowest BCUT2D eigenvalue weighted by atomic mass is 9.96. The average molecular weight is 915 g/mol. The highest BCUT2D eigenvalue weighted by molar-refractivity contribution is 4.98. The summed E-state index contributed by atoms with van der Waals surface area (Å²) in [5.41, 5.74) is 0. The Kier molecular flexibility index (Phi) is 17.2. The Morgan fingerprint density at radius 1 is 0.355 bits per heavy atom. The molecule has 6 aliphatic rings. The molecule has 0 unspecified atom stereocenters. The molecule has 17 N–H and O–H groups in total. The van der Waals surface area contributed by atoms with Crippen LogP contribution in [-0.2, 0) is 52.1 Å². The van der Waals surface area contributed by atoms with Crippen molar-refractivity contribution in [1.82, 2.24) is 0 Å². The number of hydrogen-bond acceptors (Lipinski definition) is 28. The maximum absolute atomic E-state index is 11.1. The third-order valence-electron chi connectivity index (χ3n) is 11.6. The smallest absolute Gasteiger partial charge is 0.187 e. The zero-order valence-electron chi connectivity index (χ0n) is 32.8. The summed E-state index contributed by atoms with van der Waals surface area (Å²) < 4.78 is 60.4. The van der Waals surface area contributed by atoms with Gasteiger partial charge in [0.25, 0.3) is 0 Å². The van der Waals surface area contributed by atoms with E-state index in [4.69, 9.17) is 52.1 Å². The molecular weight excluding hydrogens is 856 g/mol. The second-order valence-electron chi connectivity index (χ2n) is 15.8. The third kappa shape index (κ3) is 10.2. The fourth-order valence-corrected chi connectivity index (χ4v) is 7.88. The molecule has 0 radical (unpaired) electrons. The Bertz CT molecular complexity index is 1380. The van der Waals surface area contributed by atoms with E-state index in [0.29, 0.717) is 0 Å². The van der Waals surface area contributed by atoms with Crippen LogP contribution in [0, 0.1) is 0 Å². The van der Waals surface area contributed by atoms with Crippen molar-refractivity contribution in [1.29, 1.82) is 0 Å². The molecule has 28 heteroatoms. The van der Waals surface area contributed by atoms with E-state index >= 15 is 0 Å². The second-order valence-corrected chi connectivity index (χ2v) is 15.8. The monoisotopic (exact) mass is 914 g/mol. The van der Waals surface area contributed by atoms with E-state index in [9.17, 15) is 86.8 Å². The summed E-state index contributed by atoms with van der Waals surface area (Å²) in [6.07, 6.45) is -48.1. The first-order valence-electron chi connectivity index (χ1n) is 19.8. The van der Waals surface area contributed by atoms with Gasteiger partial charge in [0.05, 0.1) is 39.1 Å². The molecule has 0 aliphatic carbocycles. The minimum absolute atomic E-state index is 0.487. The molecule has 0 bridgehead atoms. The number of aliphatic hydroxyl groups excluding tert-OH is 17. The third-order valence-corrected chi connectivity index (χ3v) is 11.6. The fourth-order valence-electron chi connectivity index (χ4n) is 7.88. The van der Waals surface area contributed by atoms with Crippen molar-refractivity contribution in [2.75, 3.05) is 33.0 Å². The zero-order chi connectivity index (χ0) is 45.5. The summed E-state index contributed by atoms with van der Waals surface area (Å²) in [6, 6.07) is 0. The Morgan fingerprint density at radius 2 is 0.710 bits per heavy atom. The van der Waals surface area contributed by atoms with Crippen LogP contribution in [0.3, 0.4) is 0 Å². The Balaban J connectivity index is 1.01. The highest BCUT2D eigenvalue weighted by Crippen LogP contribution is 2.35. The number of hydrogen-bond donors (Lipinski definition) is 17. The van der Waals surface area contributed by atoms with Gasteiger partial charge in [0.15, 0.2) is 37.7 Å². The first-order chi connectivity index (χ1) is 29.3. The largest absolute Gasteiger partial charge is 0.394 e. The van der Waals surface area contributed by atoms with Gasteiger partial charge in [-0.15, -0.1) is 0 Å². The van der Waals surface area contributed by atoms with Crippen molar-refractivity contribution < 1.29 is 139 Å². The maximum Gasteiger partial charge on any atom is 0.187 e. The van der Waals surface area contributed by atoms with Crippen LogP contribution < -0.4 is 0 Å². The average Bonchev–Trinajstić information content (AvgIpc) is 3.25. The van der Waals surface area contributed by atoms with Crippen LogP contribution in [0.25, 0.3) is 0 Å². The quantitative estimate of drug-likeness (QED) is 0.0815. The molecule has 6 fully saturated rings. The van der Waals surface area contributed by atoms with Crippen LogP contribution in [0.1, 0.15) is 6.92 Å². The molecule has 0 spiro atoms. The fraction of sp³-hybridized carbons (Fsp3) is 1.00. The van der Waals surface area contributed by atoms with Gasteiger partial charge in [0.1, 0.15) is 128 Å². The lowest BCUT2D eigenvalue weighted by Gasteiger charge is -2.48. The van der Waals surface area contributed by atoms with Gasteiger partial charge >= 0.3 is 0 Å². The zero-order valence-corrected chi connectivity index (χ0v) is 32.8. The Labute approximate surface area is 350 Å². The van der Waals surface area contributed by atoms with Crippen LogP contribution in [0.2, 0.25) is 0 Å². The van der Waals surface area contributed by atoms with Gasteiger partial charge in [-0.05, 0) is 6.92 Å². The summed E-state index contributed by atoms with van der Waals surface area (Å²) in [5, 5.41) is 177. The minimum atomic E-state index is -2.06. The molecule has 0 aromatic heterocycles. The molecule has 6 heterocycles. The molecule has 28 atom stereocenters. The van der Waals surface area contributed by atoms with Crippen LogP contribution in [0.4, 0.5) is 0 Å². The van der Waals surface area contributed by atoms with E-state index in [1.54, 1.807) is 0 Å². The van der Waals surface area contributed by atoms with Crippen molar-refractivity contribution in [2.24, 2.45) is 0 Å². The van der Waals surface area contributed by atoms with E-state index in [0.717, 1.165) is 0 Å². The van der Waals surface area contributed by atoms with Gasteiger partial charge in [-0.2, -0.15) is 0 Å². The normalized spacial score (nSPS) is 54.3. The molecule has 0 saturated carbocycles. The van der Waals surface area contributed by atoms with Crippen molar-refractivity contribution >= 4 is 0 Å². The van der Waals surface area contributed by atoms with Gasteiger partial charge in [0.2, 0.25) is 0 Å². The number of ether oxygens (including phenoxy) is 11. The molecular formula is C34H58O28. The van der Waals surface area contributed by atoms with E-state index in [-0.39, 0.29) is 0 Å². The van der Waals surface area contributed by atoms with Gasteiger partial charge in [0, 0.05) is 0 Å². The van der Waals surface area contributed by atoms with E-state index < -0.39 is 205 Å².